The maximum atomic E-state index is 12.5. The van der Waals surface area contributed by atoms with Crippen molar-refractivity contribution >= 4 is 23.3 Å². The number of nitrogens with one attached hydrogen (secondary N) is 2. The minimum Gasteiger partial charge on any atom is -0.352 e. The van der Waals surface area contributed by atoms with E-state index in [1.54, 1.807) is 12.1 Å². The molecule has 1 heterocycles. The molecule has 0 fully saturated rings. The summed E-state index contributed by atoms with van der Waals surface area (Å²) in [5.41, 5.74) is 4.91. The summed E-state index contributed by atoms with van der Waals surface area (Å²) in [6.45, 7) is 0.0880. The molecule has 0 aliphatic rings. The highest BCUT2D eigenvalue weighted by atomic mass is 32.1. The van der Waals surface area contributed by atoms with Crippen LogP contribution >= 0.6 is 11.3 Å². The minimum absolute atomic E-state index is 0.0237. The lowest BCUT2D eigenvalue weighted by atomic mass is 10.1. The van der Waals surface area contributed by atoms with E-state index in [0.29, 0.717) is 5.56 Å². The molecule has 1 aromatic carbocycles. The van der Waals surface area contributed by atoms with Crippen molar-refractivity contribution < 1.29 is 22.8 Å². The fourth-order valence-electron chi connectivity index (χ4n) is 2.15. The molecule has 0 bridgehead atoms. The third-order valence-corrected chi connectivity index (χ3v) is 4.35. The zero-order valence-electron chi connectivity index (χ0n) is 13.0. The molecule has 25 heavy (non-hydrogen) atoms. The molecular weight excluding hydrogens is 355 g/mol. The van der Waals surface area contributed by atoms with Gasteiger partial charge in [-0.25, -0.2) is 4.79 Å². The maximum absolute atomic E-state index is 12.5. The largest absolute Gasteiger partial charge is 0.416 e. The first-order valence-corrected chi connectivity index (χ1v) is 8.16. The molecule has 0 saturated carbocycles. The molecule has 9 heteroatoms. The van der Waals surface area contributed by atoms with Crippen LogP contribution in [0.4, 0.5) is 18.0 Å². The first kappa shape index (κ1) is 18.8. The number of hydrogen-bond donors (Lipinski definition) is 3. The zero-order chi connectivity index (χ0) is 18.4. The third kappa shape index (κ3) is 5.79. The van der Waals surface area contributed by atoms with Crippen molar-refractivity contribution in [3.8, 4) is 0 Å². The fourth-order valence-corrected chi connectivity index (χ4v) is 2.93. The van der Waals surface area contributed by atoms with E-state index in [-0.39, 0.29) is 18.9 Å². The van der Waals surface area contributed by atoms with E-state index >= 15 is 0 Å². The number of urea groups is 1. The Hall–Kier alpha value is -2.55. The van der Waals surface area contributed by atoms with Crippen LogP contribution in [0.1, 0.15) is 28.5 Å². The van der Waals surface area contributed by atoms with E-state index in [2.05, 4.69) is 10.6 Å². The van der Waals surface area contributed by atoms with Crippen molar-refractivity contribution in [2.24, 2.45) is 5.73 Å². The second-order valence-electron chi connectivity index (χ2n) is 5.25. The van der Waals surface area contributed by atoms with E-state index < -0.39 is 23.8 Å². The lowest BCUT2D eigenvalue weighted by Crippen LogP contribution is -2.36. The number of carbonyl (C=O) groups excluding carboxylic acids is 2. The van der Waals surface area contributed by atoms with Crippen LogP contribution in [0.3, 0.4) is 0 Å². The molecule has 3 amide bonds. The highest BCUT2D eigenvalue weighted by molar-refractivity contribution is 7.10. The van der Waals surface area contributed by atoms with Crippen LogP contribution < -0.4 is 16.4 Å². The van der Waals surface area contributed by atoms with Gasteiger partial charge in [0.1, 0.15) is 0 Å². The first-order chi connectivity index (χ1) is 11.8. The predicted octanol–water partition coefficient (Wildman–Crippen LogP) is 3.18. The summed E-state index contributed by atoms with van der Waals surface area (Å²) in [7, 11) is 0. The Labute approximate surface area is 146 Å². The summed E-state index contributed by atoms with van der Waals surface area (Å²) < 4.78 is 37.5. The summed E-state index contributed by atoms with van der Waals surface area (Å²) >= 11 is 1.38. The van der Waals surface area contributed by atoms with Crippen molar-refractivity contribution in [1.29, 1.82) is 0 Å². The van der Waals surface area contributed by atoms with E-state index in [1.807, 2.05) is 5.38 Å². The Morgan fingerprint density at radius 2 is 1.84 bits per heavy atom. The van der Waals surface area contributed by atoms with Gasteiger partial charge in [-0.15, -0.1) is 11.3 Å². The smallest absolute Gasteiger partial charge is 0.352 e. The normalized spacial score (nSPS) is 12.4. The summed E-state index contributed by atoms with van der Waals surface area (Å²) in [5, 5.41) is 6.92. The highest BCUT2D eigenvalue weighted by Crippen LogP contribution is 2.29. The average Bonchev–Trinajstić information content (AvgIpc) is 3.06. The number of amides is 3. The van der Waals surface area contributed by atoms with Gasteiger partial charge in [0.25, 0.3) is 0 Å². The van der Waals surface area contributed by atoms with E-state index in [1.165, 1.54) is 23.5 Å². The monoisotopic (exact) mass is 371 g/mol. The molecule has 0 spiro atoms. The van der Waals surface area contributed by atoms with Crippen molar-refractivity contribution in [2.45, 2.75) is 25.2 Å². The zero-order valence-corrected chi connectivity index (χ0v) is 13.8. The Bertz CT molecular complexity index is 715. The minimum atomic E-state index is -4.39. The van der Waals surface area contributed by atoms with Gasteiger partial charge >= 0.3 is 12.2 Å². The van der Waals surface area contributed by atoms with Gasteiger partial charge in [0, 0.05) is 11.4 Å². The lowest BCUT2D eigenvalue weighted by molar-refractivity contribution is -0.137. The number of halogens is 3. The van der Waals surface area contributed by atoms with Crippen LogP contribution in [0.2, 0.25) is 0 Å². The summed E-state index contributed by atoms with van der Waals surface area (Å²) in [5.74, 6) is -0.355. The summed E-state index contributed by atoms with van der Waals surface area (Å²) in [6, 6.07) is 6.81. The molecule has 1 atom stereocenters. The number of hydrogen-bond acceptors (Lipinski definition) is 3. The average molecular weight is 371 g/mol. The van der Waals surface area contributed by atoms with Crippen LogP contribution in [0.25, 0.3) is 0 Å². The molecule has 0 aliphatic heterocycles. The van der Waals surface area contributed by atoms with Crippen molar-refractivity contribution in [3.05, 3.63) is 57.8 Å². The van der Waals surface area contributed by atoms with Crippen LogP contribution in [-0.4, -0.2) is 11.9 Å². The Kier molecular flexibility index (Phi) is 6.02. The van der Waals surface area contributed by atoms with Crippen LogP contribution in [0.5, 0.6) is 0 Å². The molecule has 2 rings (SSSR count). The quantitative estimate of drug-likeness (QED) is 0.729. The second kappa shape index (κ2) is 8.02. The molecule has 0 unspecified atom stereocenters. The number of primary amides is 1. The number of thiophene rings is 1. The van der Waals surface area contributed by atoms with Crippen LogP contribution in [0, 0.1) is 0 Å². The lowest BCUT2D eigenvalue weighted by Gasteiger charge is -2.16. The number of carbonyl (C=O) groups is 2. The summed E-state index contributed by atoms with van der Waals surface area (Å²) in [6.07, 6.45) is -4.42. The molecular formula is C16H16F3N3O2S. The molecule has 2 aromatic rings. The SMILES string of the molecule is NC(=O)N[C@H](CC(=O)NCc1ccc(C(F)(F)F)cc1)c1cccs1. The Morgan fingerprint density at radius 1 is 1.16 bits per heavy atom. The van der Waals surface area contributed by atoms with E-state index in [9.17, 15) is 22.8 Å². The van der Waals surface area contributed by atoms with E-state index in [0.717, 1.165) is 17.0 Å². The Morgan fingerprint density at radius 3 is 2.36 bits per heavy atom. The van der Waals surface area contributed by atoms with Gasteiger partial charge in [-0.2, -0.15) is 13.2 Å². The van der Waals surface area contributed by atoms with Crippen molar-refractivity contribution in [1.82, 2.24) is 10.6 Å². The number of nitrogens with two attached hydrogens (primary N) is 1. The Balaban J connectivity index is 1.91. The van der Waals surface area contributed by atoms with Gasteiger partial charge in [-0.1, -0.05) is 18.2 Å². The topological polar surface area (TPSA) is 84.2 Å². The first-order valence-electron chi connectivity index (χ1n) is 7.28. The van der Waals surface area contributed by atoms with Crippen LogP contribution in [-0.2, 0) is 17.5 Å². The predicted molar refractivity (Wildman–Crippen MR) is 87.7 cm³/mol. The van der Waals surface area contributed by atoms with Gasteiger partial charge in [-0.3, -0.25) is 4.79 Å². The van der Waals surface area contributed by atoms with Crippen LogP contribution in [0.15, 0.2) is 41.8 Å². The number of rotatable bonds is 6. The van der Waals surface area contributed by atoms with Crippen molar-refractivity contribution in [3.63, 3.8) is 0 Å². The van der Waals surface area contributed by atoms with Gasteiger partial charge in [0.2, 0.25) is 5.91 Å². The van der Waals surface area contributed by atoms with Gasteiger partial charge in [0.15, 0.2) is 0 Å². The maximum Gasteiger partial charge on any atom is 0.416 e. The standard InChI is InChI=1S/C16H16F3N3O2S/c17-16(18,19)11-5-3-10(4-6-11)9-21-14(23)8-12(22-15(20)24)13-2-1-7-25-13/h1-7,12H,8-9H2,(H,21,23)(H3,20,22,24)/t12-/m1/s1. The molecule has 134 valence electrons. The van der Waals surface area contributed by atoms with Gasteiger partial charge in [-0.05, 0) is 29.1 Å². The number of alkyl halides is 3. The molecule has 4 N–H and O–H groups in total. The fraction of sp³-hybridized carbons (Fsp3) is 0.250. The highest BCUT2D eigenvalue weighted by Gasteiger charge is 2.29. The van der Waals surface area contributed by atoms with Gasteiger partial charge in [0.05, 0.1) is 18.0 Å². The van der Waals surface area contributed by atoms with E-state index in [4.69, 9.17) is 5.73 Å². The molecule has 0 aliphatic carbocycles. The second-order valence-corrected chi connectivity index (χ2v) is 6.23. The summed E-state index contributed by atoms with van der Waals surface area (Å²) in [4.78, 5) is 23.9. The van der Waals surface area contributed by atoms with Gasteiger partial charge < -0.3 is 16.4 Å². The molecule has 1 aromatic heterocycles. The third-order valence-electron chi connectivity index (χ3n) is 3.36. The van der Waals surface area contributed by atoms with Crippen molar-refractivity contribution in [2.75, 3.05) is 0 Å². The molecule has 0 saturated heterocycles. The number of benzene rings is 1. The molecule has 5 nitrogen and oxygen atoms in total. The molecule has 0 radical (unpaired) electrons.